The van der Waals surface area contributed by atoms with Crippen LogP contribution >= 0.6 is 0 Å². The van der Waals surface area contributed by atoms with Crippen molar-refractivity contribution in [3.8, 4) is 22.4 Å². The molecule has 35 heavy (non-hydrogen) atoms. The molecule has 2 fully saturated rings. The maximum atomic E-state index is 12.6. The lowest BCUT2D eigenvalue weighted by molar-refractivity contribution is -0.117. The van der Waals surface area contributed by atoms with Gasteiger partial charge in [0.05, 0.1) is 37.6 Å². The van der Waals surface area contributed by atoms with Gasteiger partial charge in [0, 0.05) is 5.39 Å². The standard InChI is InChI=1S/C26H31N7OSi/c1-35(2)14-23(29-15-35)25-28-13-22(30-25)17-7-5-16(6-8-17)18-9-10-20-19(12-18)24(33-32-20)31-26(34)21-4-3-11-27-21/h5-10,12-13,21,23,27,29H,3-4,11,14-15H2,1-2H3,(H,28,30)(H2,31,32,33,34)/t21-,23-/m0/s1. The van der Waals surface area contributed by atoms with Crippen molar-refractivity contribution in [2.75, 3.05) is 18.0 Å². The molecule has 4 heterocycles. The van der Waals surface area contributed by atoms with Crippen LogP contribution in [0.2, 0.25) is 19.1 Å². The minimum Gasteiger partial charge on any atom is -0.341 e. The normalized spacial score (nSPS) is 21.5. The van der Waals surface area contributed by atoms with Crippen LogP contribution in [0, 0.1) is 0 Å². The van der Waals surface area contributed by atoms with Gasteiger partial charge in [0.1, 0.15) is 5.82 Å². The maximum Gasteiger partial charge on any atom is 0.242 e. The fourth-order valence-corrected chi connectivity index (χ4v) is 7.58. The Bertz CT molecular complexity index is 1370. The van der Waals surface area contributed by atoms with E-state index in [0.717, 1.165) is 64.7 Å². The first-order valence-corrected chi connectivity index (χ1v) is 15.8. The largest absolute Gasteiger partial charge is 0.341 e. The number of aromatic amines is 2. The van der Waals surface area contributed by atoms with Crippen molar-refractivity contribution < 1.29 is 4.79 Å². The number of benzene rings is 2. The van der Waals surface area contributed by atoms with Gasteiger partial charge in [0.15, 0.2) is 5.82 Å². The maximum absolute atomic E-state index is 12.6. The molecule has 0 aliphatic carbocycles. The summed E-state index contributed by atoms with van der Waals surface area (Å²) in [5.41, 5.74) is 5.24. The van der Waals surface area contributed by atoms with Crippen molar-refractivity contribution in [3.05, 3.63) is 54.5 Å². The Morgan fingerprint density at radius 1 is 1.06 bits per heavy atom. The first-order chi connectivity index (χ1) is 16.9. The molecule has 8 nitrogen and oxygen atoms in total. The SMILES string of the molecule is C[Si]1(C)CN[C@H](c2ncc(-c3ccc(-c4ccc5[nH]nc(NC(=O)[C@@H]6CCCN6)c5c4)cc3)[nH]2)C1. The third kappa shape index (κ3) is 4.42. The zero-order valence-corrected chi connectivity index (χ0v) is 21.1. The molecule has 4 aromatic rings. The summed E-state index contributed by atoms with van der Waals surface area (Å²) in [6.07, 6.45) is 4.97. The molecule has 6 rings (SSSR count). The van der Waals surface area contributed by atoms with Crippen LogP contribution in [0.1, 0.15) is 24.7 Å². The van der Waals surface area contributed by atoms with Gasteiger partial charge in [0.25, 0.3) is 0 Å². The molecule has 0 radical (unpaired) electrons. The topological polar surface area (TPSA) is 111 Å². The van der Waals surface area contributed by atoms with Crippen molar-refractivity contribution in [3.63, 3.8) is 0 Å². The summed E-state index contributed by atoms with van der Waals surface area (Å²) < 4.78 is 0. The van der Waals surface area contributed by atoms with Crippen LogP contribution in [0.3, 0.4) is 0 Å². The summed E-state index contributed by atoms with van der Waals surface area (Å²) in [6.45, 7) is 5.73. The highest BCUT2D eigenvalue weighted by Crippen LogP contribution is 2.31. The number of anilines is 1. The lowest BCUT2D eigenvalue weighted by atomic mass is 10.0. The summed E-state index contributed by atoms with van der Waals surface area (Å²) in [6, 6.07) is 16.1. The summed E-state index contributed by atoms with van der Waals surface area (Å²) in [4.78, 5) is 20.8. The molecule has 0 spiro atoms. The van der Waals surface area contributed by atoms with Crippen molar-refractivity contribution in [1.82, 2.24) is 30.8 Å². The molecule has 0 bridgehead atoms. The Morgan fingerprint density at radius 2 is 1.86 bits per heavy atom. The highest BCUT2D eigenvalue weighted by molar-refractivity contribution is 6.78. The molecule has 0 saturated carbocycles. The van der Waals surface area contributed by atoms with Crippen LogP contribution < -0.4 is 16.0 Å². The molecule has 2 aromatic carbocycles. The second kappa shape index (κ2) is 8.74. The van der Waals surface area contributed by atoms with Gasteiger partial charge >= 0.3 is 0 Å². The zero-order chi connectivity index (χ0) is 24.0. The second-order valence-electron chi connectivity index (χ2n) is 10.5. The van der Waals surface area contributed by atoms with Crippen LogP contribution in [0.15, 0.2) is 48.7 Å². The molecule has 2 saturated heterocycles. The quantitative estimate of drug-likeness (QED) is 0.272. The van der Waals surface area contributed by atoms with Crippen molar-refractivity contribution in [2.45, 2.75) is 44.1 Å². The number of aromatic nitrogens is 4. The smallest absolute Gasteiger partial charge is 0.242 e. The van der Waals surface area contributed by atoms with E-state index in [4.69, 9.17) is 0 Å². The number of fused-ring (bicyclic) bond motifs is 1. The molecular weight excluding hydrogens is 454 g/mol. The van der Waals surface area contributed by atoms with Crippen molar-refractivity contribution in [2.24, 2.45) is 0 Å². The van der Waals surface area contributed by atoms with Gasteiger partial charge in [-0.15, -0.1) is 0 Å². The highest BCUT2D eigenvalue weighted by atomic mass is 28.3. The number of amides is 1. The average Bonchev–Trinajstić information content (AvgIpc) is 3.66. The molecule has 1 amide bonds. The first kappa shape index (κ1) is 22.2. The number of imidazole rings is 1. The van der Waals surface area contributed by atoms with E-state index < -0.39 is 8.07 Å². The first-order valence-electron chi connectivity index (χ1n) is 12.4. The van der Waals surface area contributed by atoms with E-state index in [9.17, 15) is 4.79 Å². The highest BCUT2D eigenvalue weighted by Gasteiger charge is 2.34. The number of carbonyl (C=O) groups excluding carboxylic acids is 1. The molecule has 2 aliphatic heterocycles. The molecular formula is C26H31N7OSi. The lowest BCUT2D eigenvalue weighted by Crippen LogP contribution is -2.35. The van der Waals surface area contributed by atoms with Crippen molar-refractivity contribution in [1.29, 1.82) is 0 Å². The monoisotopic (exact) mass is 485 g/mol. The van der Waals surface area contributed by atoms with Gasteiger partial charge < -0.3 is 20.9 Å². The van der Waals surface area contributed by atoms with E-state index in [0.29, 0.717) is 11.9 Å². The minimum absolute atomic E-state index is 0.0247. The summed E-state index contributed by atoms with van der Waals surface area (Å²) in [5.74, 6) is 1.59. The van der Waals surface area contributed by atoms with Crippen LogP contribution in [0.5, 0.6) is 0 Å². The Morgan fingerprint density at radius 3 is 2.60 bits per heavy atom. The van der Waals surface area contributed by atoms with E-state index in [1.54, 1.807) is 0 Å². The Kier molecular flexibility index (Phi) is 5.55. The number of hydrogen-bond donors (Lipinski definition) is 5. The predicted molar refractivity (Wildman–Crippen MR) is 142 cm³/mol. The number of H-pyrrole nitrogens is 2. The van der Waals surface area contributed by atoms with Crippen LogP contribution in [0.4, 0.5) is 5.82 Å². The van der Waals surface area contributed by atoms with Gasteiger partial charge in [-0.05, 0) is 60.4 Å². The predicted octanol–water partition coefficient (Wildman–Crippen LogP) is 4.20. The fourth-order valence-electron chi connectivity index (χ4n) is 5.19. The molecule has 0 unspecified atom stereocenters. The van der Waals surface area contributed by atoms with E-state index in [2.05, 4.69) is 85.6 Å². The van der Waals surface area contributed by atoms with Crippen LogP contribution in [-0.2, 0) is 4.79 Å². The minimum atomic E-state index is -1.14. The summed E-state index contributed by atoms with van der Waals surface area (Å²) in [7, 11) is -1.14. The Balaban J connectivity index is 1.21. The van der Waals surface area contributed by atoms with E-state index in [-0.39, 0.29) is 11.9 Å². The van der Waals surface area contributed by atoms with E-state index in [1.165, 1.54) is 6.04 Å². The molecule has 180 valence electrons. The number of nitrogens with one attached hydrogen (secondary N) is 5. The lowest BCUT2D eigenvalue weighted by Gasteiger charge is -2.11. The van der Waals surface area contributed by atoms with Gasteiger partial charge in [-0.1, -0.05) is 43.4 Å². The fraction of sp³-hybridized carbons (Fsp3) is 0.346. The van der Waals surface area contributed by atoms with Gasteiger partial charge in [-0.2, -0.15) is 5.10 Å². The average molecular weight is 486 g/mol. The molecule has 5 N–H and O–H groups in total. The summed E-state index contributed by atoms with van der Waals surface area (Å²) in [5, 5.41) is 18.1. The molecule has 2 aromatic heterocycles. The third-order valence-electron chi connectivity index (χ3n) is 7.22. The van der Waals surface area contributed by atoms with Crippen LogP contribution in [-0.4, -0.2) is 52.9 Å². The van der Waals surface area contributed by atoms with Gasteiger partial charge in [0.2, 0.25) is 5.91 Å². The molecule has 2 atom stereocenters. The number of nitrogens with zero attached hydrogens (tertiary/aromatic N) is 2. The summed E-state index contributed by atoms with van der Waals surface area (Å²) >= 11 is 0. The van der Waals surface area contributed by atoms with E-state index in [1.807, 2.05) is 12.3 Å². The molecule has 2 aliphatic rings. The number of carbonyl (C=O) groups is 1. The number of rotatable bonds is 5. The Hall–Kier alpha value is -3.27. The van der Waals surface area contributed by atoms with Gasteiger partial charge in [-0.25, -0.2) is 4.98 Å². The third-order valence-corrected chi connectivity index (χ3v) is 9.89. The van der Waals surface area contributed by atoms with Gasteiger partial charge in [-0.3, -0.25) is 9.89 Å². The second-order valence-corrected chi connectivity index (χ2v) is 15.6. The van der Waals surface area contributed by atoms with E-state index >= 15 is 0 Å². The van der Waals surface area contributed by atoms with Crippen LogP contribution in [0.25, 0.3) is 33.3 Å². The molecule has 9 heteroatoms. The zero-order valence-electron chi connectivity index (χ0n) is 20.1. The Labute approximate surface area is 205 Å². The number of hydrogen-bond acceptors (Lipinski definition) is 5. The van der Waals surface area contributed by atoms with Crippen molar-refractivity contribution >= 4 is 30.7 Å².